The number of nitrogens with zero attached hydrogens (tertiary/aromatic N) is 1. The molecule has 1 aromatic carbocycles. The van der Waals surface area contributed by atoms with Crippen molar-refractivity contribution in [2.75, 3.05) is 6.61 Å². The number of rotatable bonds is 5. The quantitative estimate of drug-likeness (QED) is 0.508. The number of ether oxygens (including phenoxy) is 1. The SMILES string of the molecule is CCOc1ccc(C(=O)N/N=C\[C@@H]2CC=CCC2)cc1. The number of amides is 1. The van der Waals surface area contributed by atoms with E-state index in [1.54, 1.807) is 24.3 Å². The number of benzene rings is 1. The number of hydrogen-bond acceptors (Lipinski definition) is 3. The maximum Gasteiger partial charge on any atom is 0.271 e. The number of allylic oxidation sites excluding steroid dienone is 2. The second-order valence-electron chi connectivity index (χ2n) is 4.72. The lowest BCUT2D eigenvalue weighted by Crippen LogP contribution is -2.18. The molecular formula is C16H20N2O2. The summed E-state index contributed by atoms with van der Waals surface area (Å²) in [5.41, 5.74) is 3.14. The Hall–Kier alpha value is -2.10. The molecule has 1 atom stereocenters. The fourth-order valence-electron chi connectivity index (χ4n) is 2.09. The molecule has 0 saturated carbocycles. The molecule has 0 bridgehead atoms. The largest absolute Gasteiger partial charge is 0.494 e. The zero-order chi connectivity index (χ0) is 14.2. The van der Waals surface area contributed by atoms with Gasteiger partial charge in [0.2, 0.25) is 0 Å². The second kappa shape index (κ2) is 7.48. The summed E-state index contributed by atoms with van der Waals surface area (Å²) < 4.78 is 5.33. The van der Waals surface area contributed by atoms with E-state index in [1.165, 1.54) is 0 Å². The van der Waals surface area contributed by atoms with E-state index in [0.717, 1.165) is 25.0 Å². The van der Waals surface area contributed by atoms with E-state index in [4.69, 9.17) is 4.74 Å². The molecule has 0 saturated heterocycles. The Morgan fingerprint density at radius 1 is 1.40 bits per heavy atom. The normalized spacial score (nSPS) is 18.1. The molecular weight excluding hydrogens is 252 g/mol. The van der Waals surface area contributed by atoms with Gasteiger partial charge in [-0.05, 0) is 56.4 Å². The summed E-state index contributed by atoms with van der Waals surface area (Å²) in [6.07, 6.45) is 9.36. The summed E-state index contributed by atoms with van der Waals surface area (Å²) in [4.78, 5) is 11.9. The summed E-state index contributed by atoms with van der Waals surface area (Å²) >= 11 is 0. The van der Waals surface area contributed by atoms with Gasteiger partial charge in [-0.1, -0.05) is 12.2 Å². The van der Waals surface area contributed by atoms with Crippen molar-refractivity contribution in [3.63, 3.8) is 0 Å². The number of nitrogens with one attached hydrogen (secondary N) is 1. The van der Waals surface area contributed by atoms with Crippen LogP contribution in [-0.2, 0) is 0 Å². The summed E-state index contributed by atoms with van der Waals surface area (Å²) in [5.74, 6) is 0.998. The van der Waals surface area contributed by atoms with Gasteiger partial charge in [0.1, 0.15) is 5.75 Å². The maximum absolute atomic E-state index is 11.9. The van der Waals surface area contributed by atoms with Gasteiger partial charge in [-0.3, -0.25) is 4.79 Å². The van der Waals surface area contributed by atoms with Crippen LogP contribution in [0.3, 0.4) is 0 Å². The standard InChI is InChI=1S/C16H20N2O2/c1-2-20-15-10-8-14(9-11-15)16(19)18-17-12-13-6-4-3-5-7-13/h3-4,8-13H,2,5-7H2,1H3,(H,18,19)/b17-12-/t13-/m1/s1. The van der Waals surface area contributed by atoms with Crippen molar-refractivity contribution in [2.45, 2.75) is 26.2 Å². The van der Waals surface area contributed by atoms with Gasteiger partial charge in [-0.2, -0.15) is 5.10 Å². The minimum Gasteiger partial charge on any atom is -0.494 e. The van der Waals surface area contributed by atoms with Crippen LogP contribution in [0.4, 0.5) is 0 Å². The minimum atomic E-state index is -0.198. The van der Waals surface area contributed by atoms with Crippen LogP contribution < -0.4 is 10.2 Å². The van der Waals surface area contributed by atoms with Crippen molar-refractivity contribution in [2.24, 2.45) is 11.0 Å². The molecule has 106 valence electrons. The molecule has 1 N–H and O–H groups in total. The van der Waals surface area contributed by atoms with Crippen LogP contribution in [0.15, 0.2) is 41.5 Å². The Bertz CT molecular complexity index is 492. The highest BCUT2D eigenvalue weighted by molar-refractivity contribution is 5.94. The molecule has 20 heavy (non-hydrogen) atoms. The molecule has 0 radical (unpaired) electrons. The highest BCUT2D eigenvalue weighted by atomic mass is 16.5. The second-order valence-corrected chi connectivity index (χ2v) is 4.72. The Labute approximate surface area is 119 Å². The molecule has 4 heteroatoms. The highest BCUT2D eigenvalue weighted by Crippen LogP contribution is 2.15. The molecule has 0 unspecified atom stereocenters. The molecule has 0 fully saturated rings. The first kappa shape index (κ1) is 14.3. The summed E-state index contributed by atoms with van der Waals surface area (Å²) in [5, 5.41) is 4.04. The number of carbonyl (C=O) groups is 1. The number of hydrazone groups is 1. The van der Waals surface area contributed by atoms with Crippen molar-refractivity contribution in [1.29, 1.82) is 0 Å². The fraction of sp³-hybridized carbons (Fsp3) is 0.375. The molecule has 1 amide bonds. The average Bonchev–Trinajstić information content (AvgIpc) is 2.49. The van der Waals surface area contributed by atoms with Gasteiger partial charge in [0.05, 0.1) is 6.61 Å². The molecule has 0 aliphatic heterocycles. The molecule has 1 aromatic rings. The molecule has 2 rings (SSSR count). The maximum atomic E-state index is 11.9. The highest BCUT2D eigenvalue weighted by Gasteiger charge is 2.07. The van der Waals surface area contributed by atoms with Crippen molar-refractivity contribution >= 4 is 12.1 Å². The van der Waals surface area contributed by atoms with Crippen LogP contribution in [0.5, 0.6) is 5.75 Å². The van der Waals surface area contributed by atoms with E-state index < -0.39 is 0 Å². The fourth-order valence-corrected chi connectivity index (χ4v) is 2.09. The van der Waals surface area contributed by atoms with E-state index in [-0.39, 0.29) is 5.91 Å². The Morgan fingerprint density at radius 2 is 2.20 bits per heavy atom. The number of carbonyl (C=O) groups excluding carboxylic acids is 1. The van der Waals surface area contributed by atoms with Gasteiger partial charge in [0.15, 0.2) is 0 Å². The minimum absolute atomic E-state index is 0.198. The first-order valence-electron chi connectivity index (χ1n) is 7.01. The zero-order valence-corrected chi connectivity index (χ0v) is 11.7. The number of hydrogen-bond donors (Lipinski definition) is 1. The van der Waals surface area contributed by atoms with Crippen LogP contribution in [0.2, 0.25) is 0 Å². The lowest BCUT2D eigenvalue weighted by atomic mass is 9.96. The molecule has 0 spiro atoms. The van der Waals surface area contributed by atoms with E-state index in [0.29, 0.717) is 18.1 Å². The summed E-state index contributed by atoms with van der Waals surface area (Å²) in [7, 11) is 0. The monoisotopic (exact) mass is 272 g/mol. The third-order valence-electron chi connectivity index (χ3n) is 3.19. The van der Waals surface area contributed by atoms with E-state index in [9.17, 15) is 4.79 Å². The third-order valence-corrected chi connectivity index (χ3v) is 3.19. The predicted octanol–water partition coefficient (Wildman–Crippen LogP) is 3.16. The van der Waals surface area contributed by atoms with E-state index >= 15 is 0 Å². The third kappa shape index (κ3) is 4.23. The van der Waals surface area contributed by atoms with Crippen LogP contribution >= 0.6 is 0 Å². The lowest BCUT2D eigenvalue weighted by molar-refractivity contribution is 0.0955. The van der Waals surface area contributed by atoms with Crippen LogP contribution in [-0.4, -0.2) is 18.7 Å². The van der Waals surface area contributed by atoms with Crippen LogP contribution in [0.25, 0.3) is 0 Å². The van der Waals surface area contributed by atoms with E-state index in [2.05, 4.69) is 22.7 Å². The first-order chi connectivity index (χ1) is 9.79. The summed E-state index contributed by atoms with van der Waals surface area (Å²) in [6.45, 7) is 2.54. The van der Waals surface area contributed by atoms with Gasteiger partial charge in [0, 0.05) is 11.8 Å². The topological polar surface area (TPSA) is 50.7 Å². The van der Waals surface area contributed by atoms with Crippen LogP contribution in [0, 0.1) is 5.92 Å². The smallest absolute Gasteiger partial charge is 0.271 e. The molecule has 1 aliphatic carbocycles. The van der Waals surface area contributed by atoms with Gasteiger partial charge in [-0.25, -0.2) is 5.43 Å². The molecule has 4 nitrogen and oxygen atoms in total. The van der Waals surface area contributed by atoms with Crippen LogP contribution in [0.1, 0.15) is 36.5 Å². The van der Waals surface area contributed by atoms with Gasteiger partial charge in [-0.15, -0.1) is 0 Å². The summed E-state index contributed by atoms with van der Waals surface area (Å²) in [6, 6.07) is 7.04. The predicted molar refractivity (Wildman–Crippen MR) is 80.1 cm³/mol. The first-order valence-corrected chi connectivity index (χ1v) is 7.01. The molecule has 0 heterocycles. The van der Waals surface area contributed by atoms with Crippen molar-refractivity contribution < 1.29 is 9.53 Å². The average molecular weight is 272 g/mol. The Kier molecular flexibility index (Phi) is 5.35. The van der Waals surface area contributed by atoms with Crippen molar-refractivity contribution in [3.8, 4) is 5.75 Å². The van der Waals surface area contributed by atoms with Crippen molar-refractivity contribution in [3.05, 3.63) is 42.0 Å². The van der Waals surface area contributed by atoms with Gasteiger partial charge in [0.25, 0.3) is 5.91 Å². The van der Waals surface area contributed by atoms with Crippen molar-refractivity contribution in [1.82, 2.24) is 5.43 Å². The Morgan fingerprint density at radius 3 is 2.85 bits per heavy atom. The van der Waals surface area contributed by atoms with Gasteiger partial charge >= 0.3 is 0 Å². The molecule has 0 aromatic heterocycles. The van der Waals surface area contributed by atoms with Gasteiger partial charge < -0.3 is 4.74 Å². The lowest BCUT2D eigenvalue weighted by Gasteiger charge is -2.11. The zero-order valence-electron chi connectivity index (χ0n) is 11.7. The molecule has 1 aliphatic rings. The Balaban J connectivity index is 1.84. The van der Waals surface area contributed by atoms with E-state index in [1.807, 2.05) is 13.1 Å².